The van der Waals surface area contributed by atoms with Crippen LogP contribution in [-0.4, -0.2) is 23.3 Å². The predicted octanol–water partition coefficient (Wildman–Crippen LogP) is 6.45. The normalized spacial score (nSPS) is 13.1. The predicted molar refractivity (Wildman–Crippen MR) is 137 cm³/mol. The van der Waals surface area contributed by atoms with Crippen molar-refractivity contribution in [3.8, 4) is 0 Å². The van der Waals surface area contributed by atoms with E-state index in [1.165, 1.54) is 27.8 Å². The van der Waals surface area contributed by atoms with Gasteiger partial charge >= 0.3 is 0 Å². The molecule has 0 saturated heterocycles. The zero-order valence-electron chi connectivity index (χ0n) is 21.6. The molecule has 0 aliphatic carbocycles. The lowest BCUT2D eigenvalue weighted by Gasteiger charge is -2.34. The van der Waals surface area contributed by atoms with E-state index in [1.54, 1.807) is 0 Å². The van der Waals surface area contributed by atoms with Crippen LogP contribution in [0.15, 0.2) is 36.4 Å². The van der Waals surface area contributed by atoms with Gasteiger partial charge in [-0.25, -0.2) is 0 Å². The summed E-state index contributed by atoms with van der Waals surface area (Å²) in [6, 6.07) is 13.4. The van der Waals surface area contributed by atoms with Gasteiger partial charge in [0.2, 0.25) is 0 Å². The Balaban J connectivity index is 2.33. The second-order valence-corrected chi connectivity index (χ2v) is 10.6. The smallest absolute Gasteiger partial charge is 0.195 e. The Labute approximate surface area is 200 Å². The molecule has 0 amide bonds. The highest BCUT2D eigenvalue weighted by Gasteiger charge is 2.31. The first-order valence-corrected chi connectivity index (χ1v) is 12.3. The van der Waals surface area contributed by atoms with Crippen LogP contribution in [0.25, 0.3) is 0 Å². The first-order chi connectivity index (χ1) is 15.5. The number of carbonyl (C=O) groups is 2. The third-order valence-corrected chi connectivity index (χ3v) is 7.46. The van der Waals surface area contributed by atoms with Crippen LogP contribution in [-0.2, 0) is 27.8 Å². The number of ketones is 1. The SMILES string of the molecule is CCC(CC)(c1ccc(CCC(=O)C=O)c(C)c1)c1ccc(CCC(O)C(C)(C)C)c(C)c1. The molecule has 0 heterocycles. The van der Waals surface area contributed by atoms with E-state index in [1.807, 2.05) is 0 Å². The minimum atomic E-state index is -0.347. The quantitative estimate of drug-likeness (QED) is 0.316. The fourth-order valence-electron chi connectivity index (χ4n) is 4.82. The van der Waals surface area contributed by atoms with Crippen molar-refractivity contribution in [3.05, 3.63) is 69.8 Å². The van der Waals surface area contributed by atoms with Gasteiger partial charge in [-0.05, 0) is 84.7 Å². The third kappa shape index (κ3) is 6.41. The number of aldehydes is 1. The first kappa shape index (κ1) is 27.0. The molecular formula is C30H42O3. The lowest BCUT2D eigenvalue weighted by atomic mass is 9.69. The number of carbonyl (C=O) groups excluding carboxylic acids is 2. The van der Waals surface area contributed by atoms with E-state index in [2.05, 4.69) is 84.9 Å². The van der Waals surface area contributed by atoms with E-state index < -0.39 is 0 Å². The molecule has 0 spiro atoms. The molecule has 33 heavy (non-hydrogen) atoms. The average molecular weight is 451 g/mol. The average Bonchev–Trinajstić information content (AvgIpc) is 2.78. The largest absolute Gasteiger partial charge is 0.393 e. The van der Waals surface area contributed by atoms with Gasteiger partial charge in [-0.15, -0.1) is 0 Å². The van der Waals surface area contributed by atoms with Crippen molar-refractivity contribution in [1.82, 2.24) is 0 Å². The van der Waals surface area contributed by atoms with Gasteiger partial charge < -0.3 is 5.11 Å². The second kappa shape index (κ2) is 11.2. The standard InChI is InChI=1S/C30H42O3/c1-8-30(9-2,25-14-10-23(21(3)18-25)12-16-27(32)20-31)26-15-11-24(22(4)19-26)13-17-28(33)29(5,6)7/h10-11,14-15,18-20,28,33H,8-9,12-13,16-17H2,1-7H3. The molecule has 3 heteroatoms. The molecule has 2 aromatic carbocycles. The van der Waals surface area contributed by atoms with Crippen molar-refractivity contribution < 1.29 is 14.7 Å². The summed E-state index contributed by atoms with van der Waals surface area (Å²) in [4.78, 5) is 22.0. The van der Waals surface area contributed by atoms with Gasteiger partial charge in [0.05, 0.1) is 6.10 Å². The maximum Gasteiger partial charge on any atom is 0.195 e. The Kier molecular flexibility index (Phi) is 9.20. The highest BCUT2D eigenvalue weighted by atomic mass is 16.3. The second-order valence-electron chi connectivity index (χ2n) is 10.6. The van der Waals surface area contributed by atoms with Crippen molar-refractivity contribution >= 4 is 12.1 Å². The van der Waals surface area contributed by atoms with Crippen LogP contribution >= 0.6 is 0 Å². The Bertz CT molecular complexity index is 961. The zero-order valence-corrected chi connectivity index (χ0v) is 21.6. The van der Waals surface area contributed by atoms with Crippen molar-refractivity contribution in [2.45, 2.75) is 98.5 Å². The minimum absolute atomic E-state index is 0.0733. The summed E-state index contributed by atoms with van der Waals surface area (Å²) in [6.45, 7) is 15.0. The maximum atomic E-state index is 11.4. The third-order valence-electron chi connectivity index (χ3n) is 7.46. The molecule has 0 radical (unpaired) electrons. The monoisotopic (exact) mass is 450 g/mol. The topological polar surface area (TPSA) is 54.4 Å². The number of hydrogen-bond donors (Lipinski definition) is 1. The number of rotatable bonds is 11. The molecule has 0 aliphatic heterocycles. The van der Waals surface area contributed by atoms with E-state index in [-0.39, 0.29) is 29.1 Å². The van der Waals surface area contributed by atoms with Gasteiger partial charge in [0.25, 0.3) is 0 Å². The van der Waals surface area contributed by atoms with E-state index in [0.29, 0.717) is 12.7 Å². The fraction of sp³-hybridized carbons (Fsp3) is 0.533. The Morgan fingerprint density at radius 1 is 0.909 bits per heavy atom. The Morgan fingerprint density at radius 2 is 1.39 bits per heavy atom. The molecule has 3 nitrogen and oxygen atoms in total. The van der Waals surface area contributed by atoms with Gasteiger partial charge in [-0.2, -0.15) is 0 Å². The Morgan fingerprint density at radius 3 is 1.79 bits per heavy atom. The van der Waals surface area contributed by atoms with Gasteiger partial charge in [-0.1, -0.05) is 71.0 Å². The number of benzene rings is 2. The maximum absolute atomic E-state index is 11.4. The van der Waals surface area contributed by atoms with Crippen LogP contribution in [0.4, 0.5) is 0 Å². The molecular weight excluding hydrogens is 408 g/mol. The molecule has 2 aromatic rings. The molecule has 0 aliphatic rings. The first-order valence-electron chi connectivity index (χ1n) is 12.3. The minimum Gasteiger partial charge on any atom is -0.393 e. The number of aliphatic hydroxyl groups excluding tert-OH is 1. The molecule has 1 N–H and O–H groups in total. The van der Waals surface area contributed by atoms with Gasteiger partial charge in [0.15, 0.2) is 12.1 Å². The molecule has 0 bridgehead atoms. The summed E-state index contributed by atoms with van der Waals surface area (Å²) >= 11 is 0. The Hall–Kier alpha value is -2.26. The van der Waals surface area contributed by atoms with Gasteiger partial charge in [-0.3, -0.25) is 9.59 Å². The van der Waals surface area contributed by atoms with Crippen LogP contribution < -0.4 is 0 Å². The van der Waals surface area contributed by atoms with Crippen molar-refractivity contribution in [2.24, 2.45) is 5.41 Å². The van der Waals surface area contributed by atoms with Crippen LogP contribution in [0.3, 0.4) is 0 Å². The van der Waals surface area contributed by atoms with Crippen molar-refractivity contribution in [1.29, 1.82) is 0 Å². The van der Waals surface area contributed by atoms with Crippen LogP contribution in [0.2, 0.25) is 0 Å². The van der Waals surface area contributed by atoms with Gasteiger partial charge in [0, 0.05) is 11.8 Å². The fourth-order valence-corrected chi connectivity index (χ4v) is 4.82. The van der Waals surface area contributed by atoms with E-state index in [9.17, 15) is 14.7 Å². The number of aliphatic hydroxyl groups is 1. The lowest BCUT2D eigenvalue weighted by Crippen LogP contribution is -2.27. The van der Waals surface area contributed by atoms with Gasteiger partial charge in [0.1, 0.15) is 0 Å². The number of Topliss-reactive ketones (excluding diaryl/α,β-unsaturated/α-hetero) is 1. The molecule has 0 fully saturated rings. The highest BCUT2D eigenvalue weighted by Crippen LogP contribution is 2.40. The van der Waals surface area contributed by atoms with E-state index in [4.69, 9.17) is 0 Å². The van der Waals surface area contributed by atoms with Crippen LogP contribution in [0, 0.1) is 19.3 Å². The summed E-state index contributed by atoms with van der Waals surface area (Å²) in [5, 5.41) is 10.4. The number of aryl methyl sites for hydroxylation is 4. The highest BCUT2D eigenvalue weighted by molar-refractivity contribution is 6.24. The van der Waals surface area contributed by atoms with Crippen molar-refractivity contribution in [3.63, 3.8) is 0 Å². The molecule has 0 aromatic heterocycles. The van der Waals surface area contributed by atoms with E-state index >= 15 is 0 Å². The number of hydrogen-bond acceptors (Lipinski definition) is 3. The zero-order chi connectivity index (χ0) is 24.8. The molecule has 180 valence electrons. The molecule has 2 rings (SSSR count). The van der Waals surface area contributed by atoms with Crippen molar-refractivity contribution in [2.75, 3.05) is 0 Å². The van der Waals surface area contributed by atoms with E-state index in [0.717, 1.165) is 31.2 Å². The lowest BCUT2D eigenvalue weighted by molar-refractivity contribution is -0.129. The summed E-state index contributed by atoms with van der Waals surface area (Å²) in [6.07, 6.45) is 4.60. The molecule has 1 unspecified atom stereocenters. The van der Waals surface area contributed by atoms with Crippen LogP contribution in [0.5, 0.6) is 0 Å². The molecule has 0 saturated carbocycles. The summed E-state index contributed by atoms with van der Waals surface area (Å²) in [5.74, 6) is -0.347. The summed E-state index contributed by atoms with van der Waals surface area (Å²) in [7, 11) is 0. The van der Waals surface area contributed by atoms with Crippen LogP contribution in [0.1, 0.15) is 93.7 Å². The summed E-state index contributed by atoms with van der Waals surface area (Å²) < 4.78 is 0. The molecule has 1 atom stereocenters. The summed E-state index contributed by atoms with van der Waals surface area (Å²) in [5.41, 5.74) is 7.32.